The molecule has 1 saturated carbocycles. The van der Waals surface area contributed by atoms with Crippen LogP contribution in [-0.2, 0) is 32.1 Å². The van der Waals surface area contributed by atoms with E-state index in [-0.39, 0.29) is 19.1 Å². The third-order valence-corrected chi connectivity index (χ3v) is 7.72. The number of carbonyl (C=O) groups is 1. The second kappa shape index (κ2) is 15.4. The Kier molecular flexibility index (Phi) is 11.4. The van der Waals surface area contributed by atoms with Crippen LogP contribution in [0.25, 0.3) is 20.9 Å². The fourth-order valence-corrected chi connectivity index (χ4v) is 5.59. The minimum atomic E-state index is -1.10. The minimum Gasteiger partial charge on any atom is -0.445 e. The average Bonchev–Trinajstić information content (AvgIpc) is 3.00. The number of amides is 1. The van der Waals surface area contributed by atoms with E-state index < -0.39 is 48.9 Å². The van der Waals surface area contributed by atoms with Crippen LogP contribution >= 0.6 is 0 Å². The van der Waals surface area contributed by atoms with E-state index in [0.29, 0.717) is 25.8 Å². The van der Waals surface area contributed by atoms with Gasteiger partial charge in [0.2, 0.25) is 0 Å². The van der Waals surface area contributed by atoms with E-state index in [4.69, 9.17) is 24.5 Å². The number of hydrogen-bond donors (Lipinski definition) is 1. The molecule has 4 rings (SSSR count). The molecule has 1 aliphatic heterocycles. The van der Waals surface area contributed by atoms with E-state index in [1.54, 1.807) is 4.90 Å². The molecule has 2 aromatic carbocycles. The Labute approximate surface area is 244 Å². The first kappa shape index (κ1) is 31.1. The van der Waals surface area contributed by atoms with Crippen LogP contribution in [0.15, 0.2) is 70.9 Å². The fourth-order valence-electron chi connectivity index (χ4n) is 5.59. The zero-order valence-corrected chi connectivity index (χ0v) is 23.8. The molecule has 13 nitrogen and oxygen atoms in total. The van der Waals surface area contributed by atoms with Crippen molar-refractivity contribution >= 4 is 6.09 Å². The largest absolute Gasteiger partial charge is 0.445 e. The number of hydrogen-bond acceptors (Lipinski definition) is 8. The average molecular weight is 580 g/mol. The van der Waals surface area contributed by atoms with Crippen molar-refractivity contribution in [2.45, 2.75) is 82.1 Å². The van der Waals surface area contributed by atoms with Gasteiger partial charge in [-0.15, -0.1) is 0 Å². The maximum Gasteiger partial charge on any atom is 0.410 e. The summed E-state index contributed by atoms with van der Waals surface area (Å²) in [6.07, 6.45) is -3.07. The molecule has 1 saturated heterocycles. The van der Waals surface area contributed by atoms with Crippen molar-refractivity contribution in [1.29, 1.82) is 0 Å². The number of carbonyl (C=O) groups excluding carboxylic acids is 1. The van der Waals surface area contributed by atoms with E-state index in [1.807, 2.05) is 67.6 Å². The van der Waals surface area contributed by atoms with Gasteiger partial charge in [-0.3, -0.25) is 0 Å². The van der Waals surface area contributed by atoms with E-state index in [1.165, 1.54) is 7.11 Å². The molecule has 2 unspecified atom stereocenters. The number of aliphatic hydroxyl groups is 1. The number of ether oxygens (including phenoxy) is 4. The monoisotopic (exact) mass is 579 g/mol. The van der Waals surface area contributed by atoms with Crippen LogP contribution in [0.1, 0.15) is 37.3 Å². The summed E-state index contributed by atoms with van der Waals surface area (Å²) < 4.78 is 23.7. The van der Waals surface area contributed by atoms with Crippen molar-refractivity contribution in [3.05, 3.63) is 92.7 Å². The third kappa shape index (κ3) is 8.13. The molecule has 1 amide bonds. The Morgan fingerprint density at radius 3 is 2.29 bits per heavy atom. The highest BCUT2D eigenvalue weighted by Gasteiger charge is 2.46. The Bertz CT molecular complexity index is 1240. The Hall–Kier alpha value is -3.83. The summed E-state index contributed by atoms with van der Waals surface area (Å²) in [6.45, 7) is 2.55. The van der Waals surface area contributed by atoms with Gasteiger partial charge >= 0.3 is 6.09 Å². The van der Waals surface area contributed by atoms with Gasteiger partial charge in [-0.25, -0.2) is 4.79 Å². The van der Waals surface area contributed by atoms with Gasteiger partial charge in [-0.2, -0.15) is 0 Å². The molecule has 0 radical (unpaired) electrons. The van der Waals surface area contributed by atoms with Crippen molar-refractivity contribution in [3.8, 4) is 0 Å². The van der Waals surface area contributed by atoms with Crippen molar-refractivity contribution in [1.82, 2.24) is 4.90 Å². The van der Waals surface area contributed by atoms with E-state index in [9.17, 15) is 15.4 Å². The first-order valence-corrected chi connectivity index (χ1v) is 14.0. The minimum absolute atomic E-state index is 0.135. The van der Waals surface area contributed by atoms with Gasteiger partial charge in [0.05, 0.1) is 36.9 Å². The van der Waals surface area contributed by atoms with E-state index >= 15 is 0 Å². The van der Waals surface area contributed by atoms with Crippen LogP contribution in [0.2, 0.25) is 0 Å². The molecular weight excluding hydrogens is 542 g/mol. The topological polar surface area (TPSA) is 175 Å². The quantitative estimate of drug-likeness (QED) is 0.209. The predicted octanol–water partition coefficient (Wildman–Crippen LogP) is 5.49. The number of azide groups is 2. The molecule has 13 heteroatoms. The molecule has 42 heavy (non-hydrogen) atoms. The molecule has 1 N–H and O–H groups in total. The van der Waals surface area contributed by atoms with Crippen LogP contribution in [0.5, 0.6) is 0 Å². The van der Waals surface area contributed by atoms with Gasteiger partial charge in [0.1, 0.15) is 12.7 Å². The molecule has 2 aromatic rings. The van der Waals surface area contributed by atoms with Crippen molar-refractivity contribution in [3.63, 3.8) is 0 Å². The van der Waals surface area contributed by atoms with Gasteiger partial charge in [0.15, 0.2) is 6.29 Å². The van der Waals surface area contributed by atoms with Gasteiger partial charge in [0.25, 0.3) is 0 Å². The lowest BCUT2D eigenvalue weighted by Crippen LogP contribution is -2.56. The van der Waals surface area contributed by atoms with Crippen LogP contribution < -0.4 is 0 Å². The number of rotatable bonds is 11. The number of methoxy groups -OCH3 is 1. The number of benzene rings is 2. The summed E-state index contributed by atoms with van der Waals surface area (Å²) in [5, 5.41) is 18.8. The highest BCUT2D eigenvalue weighted by molar-refractivity contribution is 5.67. The third-order valence-electron chi connectivity index (χ3n) is 7.72. The maximum atomic E-state index is 13.3. The lowest BCUT2D eigenvalue weighted by molar-refractivity contribution is -0.262. The van der Waals surface area contributed by atoms with Gasteiger partial charge < -0.3 is 29.0 Å². The normalized spacial score (nSPS) is 29.0. The van der Waals surface area contributed by atoms with Crippen LogP contribution in [0.4, 0.5) is 4.79 Å². The molecule has 1 aliphatic carbocycles. The molecule has 2 aliphatic rings. The van der Waals surface area contributed by atoms with Crippen molar-refractivity contribution in [2.75, 3.05) is 13.7 Å². The zero-order chi connectivity index (χ0) is 29.9. The molecular formula is C29H37N7O6. The second-order valence-electron chi connectivity index (χ2n) is 10.7. The lowest BCUT2D eigenvalue weighted by Gasteiger charge is -2.44. The first-order chi connectivity index (χ1) is 20.4. The Morgan fingerprint density at radius 1 is 1.00 bits per heavy atom. The Balaban J connectivity index is 1.48. The number of aliphatic hydroxyl groups excluding tert-OH is 1. The molecule has 0 aromatic heterocycles. The van der Waals surface area contributed by atoms with Crippen molar-refractivity contribution < 1.29 is 28.8 Å². The number of nitrogens with zero attached hydrogens (tertiary/aromatic N) is 7. The SMILES string of the molecule is CO[C@H]1C(N=[N+]=[N-])C[C@H](C)[C@@H](O[C@H]2O[C@H](CN(Cc3ccccc3)C(=O)OCc3ccccc3)CCC2N=[N+]=[N-])[C@@H]1O. The second-order valence-corrected chi connectivity index (χ2v) is 10.7. The molecule has 2 fully saturated rings. The molecule has 0 bridgehead atoms. The predicted molar refractivity (Wildman–Crippen MR) is 153 cm³/mol. The van der Waals surface area contributed by atoms with Crippen LogP contribution in [0, 0.1) is 5.92 Å². The fraction of sp³-hybridized carbons (Fsp3) is 0.552. The smallest absolute Gasteiger partial charge is 0.410 e. The molecule has 0 spiro atoms. The summed E-state index contributed by atoms with van der Waals surface area (Å²) in [5.74, 6) is -0.208. The van der Waals surface area contributed by atoms with Gasteiger partial charge in [-0.05, 0) is 47.4 Å². The first-order valence-electron chi connectivity index (χ1n) is 14.0. The van der Waals surface area contributed by atoms with Crippen LogP contribution in [-0.4, -0.2) is 72.5 Å². The maximum absolute atomic E-state index is 13.3. The molecule has 224 valence electrons. The molecule has 8 atom stereocenters. The van der Waals surface area contributed by atoms with Crippen molar-refractivity contribution in [2.24, 2.45) is 16.1 Å². The Morgan fingerprint density at radius 2 is 1.64 bits per heavy atom. The highest BCUT2D eigenvalue weighted by Crippen LogP contribution is 2.35. The lowest BCUT2D eigenvalue weighted by atomic mass is 9.80. The standard InChI is InChI=1S/C29H37N7O6/c1-19-15-24(33-35-31)27(39-2)25(37)26(19)42-28-23(32-34-30)14-13-22(41-28)17-36(16-20-9-5-3-6-10-20)29(38)40-18-21-11-7-4-8-12-21/h3-12,19,22-28,37H,13-18H2,1-2H3/t19-,22-,23?,24?,25-,26+,27-,28+/m0/s1. The summed E-state index contributed by atoms with van der Waals surface area (Å²) in [4.78, 5) is 20.7. The van der Waals surface area contributed by atoms with Gasteiger partial charge in [-0.1, -0.05) is 77.8 Å². The van der Waals surface area contributed by atoms with E-state index in [2.05, 4.69) is 20.1 Å². The summed E-state index contributed by atoms with van der Waals surface area (Å²) in [6, 6.07) is 17.9. The van der Waals surface area contributed by atoms with E-state index in [0.717, 1.165) is 11.1 Å². The zero-order valence-electron chi connectivity index (χ0n) is 23.8. The summed E-state index contributed by atoms with van der Waals surface area (Å²) in [5.41, 5.74) is 19.9. The summed E-state index contributed by atoms with van der Waals surface area (Å²) >= 11 is 0. The van der Waals surface area contributed by atoms with Crippen LogP contribution in [0.3, 0.4) is 0 Å². The highest BCUT2D eigenvalue weighted by atomic mass is 16.7. The summed E-state index contributed by atoms with van der Waals surface area (Å²) in [7, 11) is 1.44. The molecule has 1 heterocycles. The van der Waals surface area contributed by atoms with Gasteiger partial charge in [0, 0.05) is 23.5 Å².